The van der Waals surface area contributed by atoms with E-state index in [1.54, 1.807) is 0 Å². The number of hydrogen-bond donors (Lipinski definition) is 4. The van der Waals surface area contributed by atoms with Gasteiger partial charge in [-0.25, -0.2) is 0 Å². The molecule has 23 heavy (non-hydrogen) atoms. The average Bonchev–Trinajstić information content (AvgIpc) is 2.25. The number of hydrogen-bond acceptors (Lipinski definition) is 7. The number of benzene rings is 1. The first-order chi connectivity index (χ1) is 9.66. The molecule has 4 N–H and O–H groups in total. The van der Waals surface area contributed by atoms with Gasteiger partial charge in [0.25, 0.3) is 0 Å². The van der Waals surface area contributed by atoms with Crippen LogP contribution >= 0.6 is 23.9 Å². The molecule has 0 atom stereocenters. The molecule has 1 aromatic carbocycles. The first kappa shape index (κ1) is 30.9. The van der Waals surface area contributed by atoms with Crippen molar-refractivity contribution >= 4 is 30.0 Å². The Hall–Kier alpha value is 0.0831. The SMILES string of the molecule is C=Cc1ccccc1.O=P([O-])([O-])O.O=P([O-])([O-])O.O=[P+](O)O.[Zr+4]. The third-order valence-corrected chi connectivity index (χ3v) is 1.04. The minimum absolute atomic E-state index is 0. The predicted octanol–water partition coefficient (Wildman–Crippen LogP) is -2.43. The molecule has 0 amide bonds. The molecule has 0 bridgehead atoms. The van der Waals surface area contributed by atoms with Gasteiger partial charge in [0.15, 0.2) is 0 Å². The minimum Gasteiger partial charge on any atom is -0.790 e. The van der Waals surface area contributed by atoms with Gasteiger partial charge in [-0.05, 0) is 5.56 Å². The molecule has 0 unspecified atom stereocenters. The van der Waals surface area contributed by atoms with E-state index in [1.165, 1.54) is 5.56 Å². The molecule has 0 fully saturated rings. The molecular formula is C8H12O11P3Zr+. The van der Waals surface area contributed by atoms with Crippen LogP contribution in [-0.4, -0.2) is 19.6 Å². The summed E-state index contributed by atoms with van der Waals surface area (Å²) in [5, 5.41) is 0. The summed E-state index contributed by atoms with van der Waals surface area (Å²) in [5.74, 6) is 0. The average molecular weight is 468 g/mol. The molecule has 0 heterocycles. The molecule has 15 heteroatoms. The minimum atomic E-state index is -5.14. The zero-order chi connectivity index (χ0) is 18.4. The summed E-state index contributed by atoms with van der Waals surface area (Å²) in [7, 11) is -13.1. The van der Waals surface area contributed by atoms with Crippen LogP contribution in [0.15, 0.2) is 36.9 Å². The fourth-order valence-corrected chi connectivity index (χ4v) is 0.589. The summed E-state index contributed by atoms with van der Waals surface area (Å²) < 4.78 is 26.0. The van der Waals surface area contributed by atoms with Gasteiger partial charge in [0, 0.05) is 4.57 Å². The van der Waals surface area contributed by atoms with Crippen LogP contribution in [0.3, 0.4) is 0 Å². The Bertz CT molecular complexity index is 471. The Kier molecular flexibility index (Phi) is 22.7. The van der Waals surface area contributed by atoms with E-state index in [0.717, 1.165) is 0 Å². The van der Waals surface area contributed by atoms with Crippen LogP contribution in [0.25, 0.3) is 6.08 Å². The van der Waals surface area contributed by atoms with Crippen molar-refractivity contribution in [3.8, 4) is 0 Å². The van der Waals surface area contributed by atoms with Gasteiger partial charge in [0.05, 0.1) is 15.6 Å². The molecule has 0 aromatic heterocycles. The van der Waals surface area contributed by atoms with Gasteiger partial charge in [-0.15, -0.1) is 9.79 Å². The molecular weight excluding hydrogens is 456 g/mol. The Morgan fingerprint density at radius 3 is 1.30 bits per heavy atom. The second-order valence-corrected chi connectivity index (χ2v) is 5.18. The molecule has 0 saturated heterocycles. The summed E-state index contributed by atoms with van der Waals surface area (Å²) in [6.45, 7) is 3.63. The van der Waals surface area contributed by atoms with E-state index < -0.39 is 23.9 Å². The van der Waals surface area contributed by atoms with Gasteiger partial charge in [-0.2, -0.15) is 0 Å². The van der Waals surface area contributed by atoms with Crippen molar-refractivity contribution in [2.75, 3.05) is 0 Å². The molecule has 0 aliphatic rings. The van der Waals surface area contributed by atoms with Crippen LogP contribution in [-0.2, 0) is 39.9 Å². The smallest absolute Gasteiger partial charge is 0.790 e. The van der Waals surface area contributed by atoms with Crippen molar-refractivity contribution in [1.82, 2.24) is 0 Å². The first-order valence-electron chi connectivity index (χ1n) is 4.69. The van der Waals surface area contributed by atoms with Crippen molar-refractivity contribution in [2.24, 2.45) is 0 Å². The molecule has 0 aliphatic carbocycles. The third-order valence-electron chi connectivity index (χ3n) is 1.04. The fourth-order valence-electron chi connectivity index (χ4n) is 0.589. The summed E-state index contributed by atoms with van der Waals surface area (Å²) in [4.78, 5) is 62.8. The van der Waals surface area contributed by atoms with E-state index in [-0.39, 0.29) is 26.2 Å². The van der Waals surface area contributed by atoms with E-state index in [2.05, 4.69) is 6.58 Å². The van der Waals surface area contributed by atoms with Crippen LogP contribution in [0.2, 0.25) is 0 Å². The second kappa shape index (κ2) is 16.9. The topological polar surface area (TPSA) is 224 Å². The quantitative estimate of drug-likeness (QED) is 0.317. The van der Waals surface area contributed by atoms with Crippen LogP contribution in [0.4, 0.5) is 0 Å². The van der Waals surface area contributed by atoms with Crippen LogP contribution < -0.4 is 19.6 Å². The molecule has 0 spiro atoms. The van der Waals surface area contributed by atoms with Gasteiger partial charge in [0.1, 0.15) is 0 Å². The largest absolute Gasteiger partial charge is 4.00 e. The summed E-state index contributed by atoms with van der Waals surface area (Å²) in [6, 6.07) is 10.0. The van der Waals surface area contributed by atoms with E-state index in [4.69, 9.17) is 52.8 Å². The molecule has 128 valence electrons. The molecule has 0 saturated carbocycles. The van der Waals surface area contributed by atoms with Crippen LogP contribution in [0.5, 0.6) is 0 Å². The molecule has 1 rings (SSSR count). The molecule has 0 aliphatic heterocycles. The van der Waals surface area contributed by atoms with E-state index in [9.17, 15) is 0 Å². The van der Waals surface area contributed by atoms with E-state index >= 15 is 0 Å². The first-order valence-corrected chi connectivity index (χ1v) is 8.84. The maximum atomic E-state index is 8.70. The van der Waals surface area contributed by atoms with Gasteiger partial charge < -0.3 is 38.5 Å². The fraction of sp³-hybridized carbons (Fsp3) is 0. The van der Waals surface area contributed by atoms with E-state index in [1.807, 2.05) is 36.4 Å². The standard InChI is InChI=1S/C8H8.2H3O4P.HO3P.Zr/c1-2-8-6-4-3-5-7-8;2*1-5(2,3)4;1-4(2)3;/h2-7H,1H2;2*(H3,1,2,3,4);(H-,1,2,3);/q;;;;+4/p-3. The maximum Gasteiger partial charge on any atom is 4.00 e. The van der Waals surface area contributed by atoms with Crippen molar-refractivity contribution in [2.45, 2.75) is 0 Å². The second-order valence-electron chi connectivity index (χ2n) is 2.80. The van der Waals surface area contributed by atoms with Crippen molar-refractivity contribution in [3.63, 3.8) is 0 Å². The molecule has 11 nitrogen and oxygen atoms in total. The van der Waals surface area contributed by atoms with E-state index in [0.29, 0.717) is 0 Å². The Balaban J connectivity index is -0.000000108. The molecule has 0 radical (unpaired) electrons. The number of phosphoric acid groups is 2. The Labute approximate surface area is 151 Å². The molecule has 1 aromatic rings. The Morgan fingerprint density at radius 1 is 0.957 bits per heavy atom. The van der Waals surface area contributed by atoms with Crippen molar-refractivity contribution < 1.29 is 79.0 Å². The summed E-state index contributed by atoms with van der Waals surface area (Å²) in [5.41, 5.74) is 1.17. The van der Waals surface area contributed by atoms with Crippen molar-refractivity contribution in [3.05, 3.63) is 42.5 Å². The van der Waals surface area contributed by atoms with Crippen LogP contribution in [0.1, 0.15) is 5.56 Å². The zero-order valence-electron chi connectivity index (χ0n) is 11.2. The van der Waals surface area contributed by atoms with Gasteiger partial charge in [-0.3, -0.25) is 0 Å². The summed E-state index contributed by atoms with van der Waals surface area (Å²) >= 11 is 0. The monoisotopic (exact) mass is 467 g/mol. The third kappa shape index (κ3) is 87.6. The van der Waals surface area contributed by atoms with Crippen LogP contribution in [0, 0.1) is 0 Å². The van der Waals surface area contributed by atoms with Gasteiger partial charge >= 0.3 is 34.5 Å². The van der Waals surface area contributed by atoms with Crippen molar-refractivity contribution in [1.29, 1.82) is 0 Å². The Morgan fingerprint density at radius 2 is 1.17 bits per heavy atom. The normalized spacial score (nSPS) is 9.22. The van der Waals surface area contributed by atoms with Gasteiger partial charge in [-0.1, -0.05) is 43.0 Å². The zero-order valence-corrected chi connectivity index (χ0v) is 16.3. The maximum absolute atomic E-state index is 8.70. The van der Waals surface area contributed by atoms with Gasteiger partial charge in [0.2, 0.25) is 0 Å². The number of rotatable bonds is 1. The predicted molar refractivity (Wildman–Crippen MR) is 68.2 cm³/mol. The summed E-state index contributed by atoms with van der Waals surface area (Å²) in [6.07, 6.45) is 1.83.